The van der Waals surface area contributed by atoms with Crippen molar-refractivity contribution >= 4 is 23.2 Å². The second-order valence-electron chi connectivity index (χ2n) is 3.76. The van der Waals surface area contributed by atoms with Crippen molar-refractivity contribution in [1.82, 2.24) is 4.98 Å². The van der Waals surface area contributed by atoms with Crippen molar-refractivity contribution in [3.63, 3.8) is 0 Å². The van der Waals surface area contributed by atoms with Gasteiger partial charge in [-0.25, -0.2) is 14.2 Å². The summed E-state index contributed by atoms with van der Waals surface area (Å²) in [6.07, 6.45) is 0. The van der Waals surface area contributed by atoms with Gasteiger partial charge in [0.25, 0.3) is 0 Å². The van der Waals surface area contributed by atoms with Crippen molar-refractivity contribution in [2.45, 2.75) is 0 Å². The second-order valence-corrected chi connectivity index (χ2v) is 3.76. The van der Waals surface area contributed by atoms with Crippen LogP contribution in [0.4, 0.5) is 21.6 Å². The number of ether oxygens (including phenoxy) is 1. The molecule has 0 aliphatic heterocycles. The molecule has 0 saturated carbocycles. The van der Waals surface area contributed by atoms with Gasteiger partial charge in [0.1, 0.15) is 5.82 Å². The number of esters is 1. The molecule has 1 aromatic heterocycles. The lowest BCUT2D eigenvalue weighted by Crippen LogP contribution is -2.07. The standard InChI is InChI=1S/C13H12FN3O2/c1-19-13(18)11-7-6-10(15)12(17-11)16-9-4-2-8(14)3-5-9/h2-7H,15H2,1H3,(H,16,17). The maximum absolute atomic E-state index is 12.8. The molecule has 2 rings (SSSR count). The van der Waals surface area contributed by atoms with E-state index in [0.29, 0.717) is 17.2 Å². The number of hydrogen-bond donors (Lipinski definition) is 2. The summed E-state index contributed by atoms with van der Waals surface area (Å²) in [4.78, 5) is 15.4. The van der Waals surface area contributed by atoms with Gasteiger partial charge >= 0.3 is 5.97 Å². The molecule has 0 spiro atoms. The number of nitrogen functional groups attached to an aromatic ring is 1. The summed E-state index contributed by atoms with van der Waals surface area (Å²) in [5.74, 6) is -0.577. The van der Waals surface area contributed by atoms with Crippen LogP contribution in [-0.4, -0.2) is 18.1 Å². The summed E-state index contributed by atoms with van der Waals surface area (Å²) in [5, 5.41) is 2.91. The maximum atomic E-state index is 12.8. The van der Waals surface area contributed by atoms with E-state index in [1.807, 2.05) is 0 Å². The fourth-order valence-electron chi connectivity index (χ4n) is 1.46. The first-order chi connectivity index (χ1) is 9.10. The van der Waals surface area contributed by atoms with E-state index >= 15 is 0 Å². The summed E-state index contributed by atoms with van der Waals surface area (Å²) >= 11 is 0. The highest BCUT2D eigenvalue weighted by molar-refractivity contribution is 5.88. The Morgan fingerprint density at radius 3 is 2.58 bits per heavy atom. The maximum Gasteiger partial charge on any atom is 0.356 e. The Morgan fingerprint density at radius 1 is 1.26 bits per heavy atom. The van der Waals surface area contributed by atoms with Crippen molar-refractivity contribution in [2.24, 2.45) is 0 Å². The van der Waals surface area contributed by atoms with Gasteiger partial charge in [-0.2, -0.15) is 0 Å². The Labute approximate surface area is 109 Å². The fourth-order valence-corrected chi connectivity index (χ4v) is 1.46. The number of carbonyl (C=O) groups excluding carboxylic acids is 1. The number of pyridine rings is 1. The summed E-state index contributed by atoms with van der Waals surface area (Å²) in [6.45, 7) is 0. The molecule has 6 heteroatoms. The second kappa shape index (κ2) is 5.34. The van der Waals surface area contributed by atoms with Crippen molar-refractivity contribution < 1.29 is 13.9 Å². The molecule has 0 radical (unpaired) electrons. The molecule has 0 bridgehead atoms. The molecule has 98 valence electrons. The lowest BCUT2D eigenvalue weighted by Gasteiger charge is -2.09. The quantitative estimate of drug-likeness (QED) is 0.829. The van der Waals surface area contributed by atoms with Gasteiger partial charge in [0.2, 0.25) is 0 Å². The lowest BCUT2D eigenvalue weighted by molar-refractivity contribution is 0.0594. The Kier molecular flexibility index (Phi) is 3.61. The molecule has 0 fully saturated rings. The van der Waals surface area contributed by atoms with E-state index in [9.17, 15) is 9.18 Å². The van der Waals surface area contributed by atoms with Crippen molar-refractivity contribution in [3.8, 4) is 0 Å². The smallest absolute Gasteiger partial charge is 0.356 e. The summed E-state index contributed by atoms with van der Waals surface area (Å²) < 4.78 is 17.4. The molecule has 3 N–H and O–H groups in total. The fraction of sp³-hybridized carbons (Fsp3) is 0.0769. The zero-order valence-corrected chi connectivity index (χ0v) is 10.2. The third kappa shape index (κ3) is 2.98. The highest BCUT2D eigenvalue weighted by Crippen LogP contribution is 2.21. The van der Waals surface area contributed by atoms with Crippen molar-refractivity contribution in [3.05, 3.63) is 47.9 Å². The zero-order valence-electron chi connectivity index (χ0n) is 10.2. The van der Waals surface area contributed by atoms with Gasteiger partial charge in [0.15, 0.2) is 11.5 Å². The number of rotatable bonds is 3. The molecule has 5 nitrogen and oxygen atoms in total. The van der Waals surface area contributed by atoms with Crippen LogP contribution in [-0.2, 0) is 4.74 Å². The number of nitrogens with zero attached hydrogens (tertiary/aromatic N) is 1. The number of aromatic nitrogens is 1. The van der Waals surface area contributed by atoms with Gasteiger partial charge in [-0.15, -0.1) is 0 Å². The SMILES string of the molecule is COC(=O)c1ccc(N)c(Nc2ccc(F)cc2)n1. The number of hydrogen-bond acceptors (Lipinski definition) is 5. The number of carbonyl (C=O) groups is 1. The molecule has 19 heavy (non-hydrogen) atoms. The molecule has 2 aromatic rings. The van der Waals surface area contributed by atoms with E-state index in [1.165, 1.54) is 25.3 Å². The molecule has 0 amide bonds. The highest BCUT2D eigenvalue weighted by atomic mass is 19.1. The van der Waals surface area contributed by atoms with E-state index in [2.05, 4.69) is 15.0 Å². The van der Waals surface area contributed by atoms with Crippen LogP contribution in [0.15, 0.2) is 36.4 Å². The van der Waals surface area contributed by atoms with E-state index in [1.54, 1.807) is 18.2 Å². The first-order valence-electron chi connectivity index (χ1n) is 5.47. The van der Waals surface area contributed by atoms with Gasteiger partial charge in [-0.3, -0.25) is 0 Å². The monoisotopic (exact) mass is 261 g/mol. The van der Waals surface area contributed by atoms with E-state index in [0.717, 1.165) is 0 Å². The molecular weight excluding hydrogens is 249 g/mol. The third-order valence-electron chi connectivity index (χ3n) is 2.43. The Morgan fingerprint density at radius 2 is 1.95 bits per heavy atom. The van der Waals surface area contributed by atoms with Crippen LogP contribution in [0.2, 0.25) is 0 Å². The number of benzene rings is 1. The third-order valence-corrected chi connectivity index (χ3v) is 2.43. The van der Waals surface area contributed by atoms with Gasteiger partial charge in [0, 0.05) is 5.69 Å². The molecular formula is C13H12FN3O2. The summed E-state index contributed by atoms with van der Waals surface area (Å²) in [5.41, 5.74) is 6.88. The predicted molar refractivity (Wildman–Crippen MR) is 69.7 cm³/mol. The van der Waals surface area contributed by atoms with Crippen LogP contribution in [0.3, 0.4) is 0 Å². The average molecular weight is 261 g/mol. The number of methoxy groups -OCH3 is 1. The first kappa shape index (κ1) is 12.8. The normalized spacial score (nSPS) is 10.0. The average Bonchev–Trinajstić information content (AvgIpc) is 2.43. The minimum Gasteiger partial charge on any atom is -0.464 e. The molecule has 0 aliphatic carbocycles. The topological polar surface area (TPSA) is 77.2 Å². The van der Waals surface area contributed by atoms with Crippen LogP contribution in [0, 0.1) is 5.82 Å². The largest absolute Gasteiger partial charge is 0.464 e. The first-order valence-corrected chi connectivity index (χ1v) is 5.47. The molecule has 0 atom stereocenters. The Hall–Kier alpha value is -2.63. The van der Waals surface area contributed by atoms with E-state index in [-0.39, 0.29) is 11.5 Å². The summed E-state index contributed by atoms with van der Waals surface area (Å²) in [6, 6.07) is 8.72. The highest BCUT2D eigenvalue weighted by Gasteiger charge is 2.10. The number of anilines is 3. The van der Waals surface area contributed by atoms with Gasteiger partial charge in [0.05, 0.1) is 12.8 Å². The van der Waals surface area contributed by atoms with Gasteiger partial charge < -0.3 is 15.8 Å². The van der Waals surface area contributed by atoms with E-state index in [4.69, 9.17) is 5.73 Å². The van der Waals surface area contributed by atoms with Gasteiger partial charge in [-0.05, 0) is 36.4 Å². The molecule has 0 unspecified atom stereocenters. The van der Waals surface area contributed by atoms with E-state index < -0.39 is 5.97 Å². The molecule has 0 aliphatic rings. The zero-order chi connectivity index (χ0) is 13.8. The van der Waals surface area contributed by atoms with Crippen LogP contribution in [0.25, 0.3) is 0 Å². The van der Waals surface area contributed by atoms with Crippen LogP contribution >= 0.6 is 0 Å². The predicted octanol–water partition coefficient (Wildman–Crippen LogP) is 2.33. The van der Waals surface area contributed by atoms with Crippen LogP contribution in [0.1, 0.15) is 10.5 Å². The minimum absolute atomic E-state index is 0.140. The number of nitrogens with two attached hydrogens (primary N) is 1. The number of halogens is 1. The molecule has 1 aromatic carbocycles. The molecule has 1 heterocycles. The van der Waals surface area contributed by atoms with Crippen molar-refractivity contribution in [2.75, 3.05) is 18.2 Å². The van der Waals surface area contributed by atoms with Crippen LogP contribution < -0.4 is 11.1 Å². The minimum atomic E-state index is -0.554. The Bertz CT molecular complexity index is 599. The van der Waals surface area contributed by atoms with Crippen LogP contribution in [0.5, 0.6) is 0 Å². The van der Waals surface area contributed by atoms with Gasteiger partial charge in [-0.1, -0.05) is 0 Å². The lowest BCUT2D eigenvalue weighted by atomic mass is 10.3. The summed E-state index contributed by atoms with van der Waals surface area (Å²) in [7, 11) is 1.27. The molecule has 0 saturated heterocycles. The van der Waals surface area contributed by atoms with Crippen molar-refractivity contribution in [1.29, 1.82) is 0 Å². The Balaban J connectivity index is 2.28. The number of nitrogens with one attached hydrogen (secondary N) is 1.